The Morgan fingerprint density at radius 1 is 1.59 bits per heavy atom. The summed E-state index contributed by atoms with van der Waals surface area (Å²) in [6, 6.07) is 0. The molecule has 1 saturated heterocycles. The second kappa shape index (κ2) is 6.47. The first-order valence-electron chi connectivity index (χ1n) is 6.45. The Kier molecular flexibility index (Phi) is 4.95. The molecule has 0 spiro atoms. The van der Waals surface area contributed by atoms with E-state index in [4.69, 9.17) is 4.74 Å². The number of aromatic nitrogens is 1. The van der Waals surface area contributed by atoms with Gasteiger partial charge in [-0.05, 0) is 46.2 Å². The molecule has 1 aliphatic heterocycles. The van der Waals surface area contributed by atoms with E-state index in [0.29, 0.717) is 6.10 Å². The molecule has 2 heterocycles. The van der Waals surface area contributed by atoms with Gasteiger partial charge in [0.05, 0.1) is 16.8 Å². The van der Waals surface area contributed by atoms with E-state index in [2.05, 4.69) is 29.2 Å². The molecule has 1 fully saturated rings. The summed E-state index contributed by atoms with van der Waals surface area (Å²) < 4.78 is 5.63. The predicted octanol–water partition coefficient (Wildman–Crippen LogP) is 2.84. The number of rotatable bonds is 6. The van der Waals surface area contributed by atoms with Gasteiger partial charge in [0, 0.05) is 18.5 Å². The van der Waals surface area contributed by atoms with Crippen molar-refractivity contribution in [3.63, 3.8) is 0 Å². The van der Waals surface area contributed by atoms with Crippen molar-refractivity contribution in [1.29, 1.82) is 0 Å². The Morgan fingerprint density at radius 2 is 2.47 bits per heavy atom. The van der Waals surface area contributed by atoms with Crippen LogP contribution in [0.5, 0.6) is 0 Å². The molecule has 1 atom stereocenters. The average Bonchev–Trinajstić information content (AvgIpc) is 2.90. The molecule has 1 aromatic rings. The fourth-order valence-electron chi connectivity index (χ4n) is 2.30. The molecule has 0 aromatic carbocycles. The van der Waals surface area contributed by atoms with Gasteiger partial charge in [-0.2, -0.15) is 0 Å². The maximum atomic E-state index is 5.63. The molecule has 4 heteroatoms. The Balaban J connectivity index is 1.61. The predicted molar refractivity (Wildman–Crippen MR) is 71.4 cm³/mol. The van der Waals surface area contributed by atoms with Crippen molar-refractivity contribution in [2.45, 2.75) is 45.3 Å². The molecule has 17 heavy (non-hydrogen) atoms. The van der Waals surface area contributed by atoms with Crippen LogP contribution in [0, 0.1) is 6.92 Å². The first-order chi connectivity index (χ1) is 8.24. The molecule has 0 radical (unpaired) electrons. The lowest BCUT2D eigenvalue weighted by Crippen LogP contribution is -2.20. The van der Waals surface area contributed by atoms with Crippen LogP contribution in [0.25, 0.3) is 0 Å². The monoisotopic (exact) mass is 254 g/mol. The van der Waals surface area contributed by atoms with Gasteiger partial charge in [0.2, 0.25) is 0 Å². The normalized spacial score (nSPS) is 20.3. The molecule has 0 saturated carbocycles. The van der Waals surface area contributed by atoms with E-state index in [0.717, 1.165) is 24.7 Å². The molecule has 3 nitrogen and oxygen atoms in total. The number of nitrogens with zero attached hydrogens (tertiary/aromatic N) is 2. The fraction of sp³-hybridized carbons (Fsp3) is 0.769. The van der Waals surface area contributed by atoms with Crippen LogP contribution in [0.4, 0.5) is 0 Å². The number of thiazole rings is 1. The summed E-state index contributed by atoms with van der Waals surface area (Å²) in [5, 5.41) is 3.32. The molecule has 1 aliphatic rings. The van der Waals surface area contributed by atoms with E-state index in [-0.39, 0.29) is 0 Å². The van der Waals surface area contributed by atoms with Crippen LogP contribution in [-0.2, 0) is 11.3 Å². The van der Waals surface area contributed by atoms with Crippen molar-refractivity contribution in [2.24, 2.45) is 0 Å². The second-order valence-electron chi connectivity index (χ2n) is 4.87. The highest BCUT2D eigenvalue weighted by Crippen LogP contribution is 2.17. The van der Waals surface area contributed by atoms with Crippen LogP contribution < -0.4 is 0 Å². The third-order valence-electron chi connectivity index (χ3n) is 3.19. The Bertz CT molecular complexity index is 334. The van der Waals surface area contributed by atoms with Crippen LogP contribution in [0.2, 0.25) is 0 Å². The highest BCUT2D eigenvalue weighted by Gasteiger charge is 2.15. The highest BCUT2D eigenvalue weighted by molar-refractivity contribution is 7.09. The van der Waals surface area contributed by atoms with E-state index >= 15 is 0 Å². The van der Waals surface area contributed by atoms with Crippen molar-refractivity contribution >= 4 is 11.3 Å². The number of aryl methyl sites for hydroxylation is 1. The van der Waals surface area contributed by atoms with Crippen LogP contribution in [0.3, 0.4) is 0 Å². The van der Waals surface area contributed by atoms with Gasteiger partial charge < -0.3 is 9.64 Å². The lowest BCUT2D eigenvalue weighted by Gasteiger charge is -2.16. The third kappa shape index (κ3) is 4.37. The molecule has 0 aliphatic carbocycles. The highest BCUT2D eigenvalue weighted by atomic mass is 32.1. The second-order valence-corrected chi connectivity index (χ2v) is 5.94. The summed E-state index contributed by atoms with van der Waals surface area (Å²) in [7, 11) is 2.17. The first kappa shape index (κ1) is 13.0. The van der Waals surface area contributed by atoms with Crippen LogP contribution in [0.15, 0.2) is 5.38 Å². The van der Waals surface area contributed by atoms with Crippen LogP contribution >= 0.6 is 11.3 Å². The quantitative estimate of drug-likeness (QED) is 0.780. The minimum absolute atomic E-state index is 0.532. The smallest absolute Gasteiger partial charge is 0.0897 e. The zero-order valence-electron chi connectivity index (χ0n) is 10.8. The van der Waals surface area contributed by atoms with Gasteiger partial charge in [-0.1, -0.05) is 0 Å². The SMILES string of the molecule is Cc1nc(CN(C)CCC[C@H]2CCCO2)cs1. The zero-order chi connectivity index (χ0) is 12.1. The Hall–Kier alpha value is -0.450. The molecule has 1 aromatic heterocycles. The van der Waals surface area contributed by atoms with Gasteiger partial charge in [0.15, 0.2) is 0 Å². The fourth-order valence-corrected chi connectivity index (χ4v) is 2.90. The molecule has 2 rings (SSSR count). The van der Waals surface area contributed by atoms with E-state index in [1.807, 2.05) is 0 Å². The van der Waals surface area contributed by atoms with Gasteiger partial charge in [-0.25, -0.2) is 4.98 Å². The van der Waals surface area contributed by atoms with Gasteiger partial charge in [-0.3, -0.25) is 0 Å². The molecule has 0 unspecified atom stereocenters. The zero-order valence-corrected chi connectivity index (χ0v) is 11.6. The largest absolute Gasteiger partial charge is 0.378 e. The topological polar surface area (TPSA) is 25.4 Å². The number of hydrogen-bond donors (Lipinski definition) is 0. The Morgan fingerprint density at radius 3 is 3.12 bits per heavy atom. The van der Waals surface area contributed by atoms with E-state index < -0.39 is 0 Å². The van der Waals surface area contributed by atoms with E-state index in [9.17, 15) is 0 Å². The minimum atomic E-state index is 0.532. The summed E-state index contributed by atoms with van der Waals surface area (Å²) in [5.41, 5.74) is 1.20. The summed E-state index contributed by atoms with van der Waals surface area (Å²) in [6.45, 7) is 5.14. The molecule has 0 amide bonds. The first-order valence-corrected chi connectivity index (χ1v) is 7.33. The van der Waals surface area contributed by atoms with Gasteiger partial charge in [0.1, 0.15) is 0 Å². The standard InChI is InChI=1S/C13H22N2OS/c1-11-14-12(10-17-11)9-15(2)7-3-5-13-6-4-8-16-13/h10,13H,3-9H2,1-2H3/t13-/m0/s1. The lowest BCUT2D eigenvalue weighted by molar-refractivity contribution is 0.0995. The van der Waals surface area contributed by atoms with Crippen molar-refractivity contribution < 1.29 is 4.74 Å². The summed E-state index contributed by atoms with van der Waals surface area (Å²) in [5.74, 6) is 0. The van der Waals surface area contributed by atoms with Crippen LogP contribution in [0.1, 0.15) is 36.4 Å². The molecular formula is C13H22N2OS. The maximum absolute atomic E-state index is 5.63. The average molecular weight is 254 g/mol. The molecule has 0 bridgehead atoms. The van der Waals surface area contributed by atoms with Gasteiger partial charge in [-0.15, -0.1) is 11.3 Å². The van der Waals surface area contributed by atoms with Crippen LogP contribution in [-0.4, -0.2) is 36.2 Å². The van der Waals surface area contributed by atoms with E-state index in [1.54, 1.807) is 11.3 Å². The summed E-state index contributed by atoms with van der Waals surface area (Å²) >= 11 is 1.73. The van der Waals surface area contributed by atoms with Crippen molar-refractivity contribution in [1.82, 2.24) is 9.88 Å². The number of ether oxygens (including phenoxy) is 1. The molecule has 96 valence electrons. The Labute approximate surface area is 108 Å². The maximum Gasteiger partial charge on any atom is 0.0897 e. The van der Waals surface area contributed by atoms with Gasteiger partial charge in [0.25, 0.3) is 0 Å². The third-order valence-corrected chi connectivity index (χ3v) is 4.01. The number of hydrogen-bond acceptors (Lipinski definition) is 4. The lowest BCUT2D eigenvalue weighted by atomic mass is 10.1. The van der Waals surface area contributed by atoms with Crippen molar-refractivity contribution in [2.75, 3.05) is 20.2 Å². The van der Waals surface area contributed by atoms with E-state index in [1.165, 1.54) is 31.4 Å². The van der Waals surface area contributed by atoms with Crippen molar-refractivity contribution in [3.8, 4) is 0 Å². The van der Waals surface area contributed by atoms with Crippen molar-refractivity contribution in [3.05, 3.63) is 16.1 Å². The van der Waals surface area contributed by atoms with Gasteiger partial charge >= 0.3 is 0 Å². The summed E-state index contributed by atoms with van der Waals surface area (Å²) in [4.78, 5) is 6.84. The summed E-state index contributed by atoms with van der Waals surface area (Å²) in [6.07, 6.45) is 5.48. The molecular weight excluding hydrogens is 232 g/mol. The molecule has 0 N–H and O–H groups in total. The minimum Gasteiger partial charge on any atom is -0.378 e.